The van der Waals surface area contributed by atoms with Gasteiger partial charge in [-0.1, -0.05) is 26.0 Å². The highest BCUT2D eigenvalue weighted by molar-refractivity contribution is 5.87. The monoisotopic (exact) mass is 258 g/mol. The Morgan fingerprint density at radius 1 is 1.16 bits per heavy atom. The van der Waals surface area contributed by atoms with Crippen molar-refractivity contribution in [1.29, 1.82) is 0 Å². The SMILES string of the molecule is CC(C)c1ccc(Oc2nccnc2C(=O)O)cc1. The third kappa shape index (κ3) is 3.07. The van der Waals surface area contributed by atoms with Gasteiger partial charge in [-0.2, -0.15) is 0 Å². The standard InChI is InChI=1S/C14H14N2O3/c1-9(2)10-3-5-11(6-4-10)19-13-12(14(17)18)15-7-8-16-13/h3-9H,1-2H3,(H,17,18). The Balaban J connectivity index is 2.24. The zero-order valence-electron chi connectivity index (χ0n) is 10.7. The highest BCUT2D eigenvalue weighted by atomic mass is 16.5. The van der Waals surface area contributed by atoms with Gasteiger partial charge in [0, 0.05) is 12.4 Å². The molecular formula is C14H14N2O3. The number of aromatic nitrogens is 2. The zero-order valence-corrected chi connectivity index (χ0v) is 10.7. The van der Waals surface area contributed by atoms with Gasteiger partial charge < -0.3 is 9.84 Å². The number of carbonyl (C=O) groups is 1. The molecule has 0 atom stereocenters. The van der Waals surface area contributed by atoms with Gasteiger partial charge in [0.05, 0.1) is 0 Å². The van der Waals surface area contributed by atoms with Crippen LogP contribution < -0.4 is 4.74 Å². The van der Waals surface area contributed by atoms with Crippen LogP contribution in [0, 0.1) is 0 Å². The summed E-state index contributed by atoms with van der Waals surface area (Å²) in [6.07, 6.45) is 2.71. The Kier molecular flexibility index (Phi) is 3.75. The predicted octanol–water partition coefficient (Wildman–Crippen LogP) is 3.09. The molecule has 1 aromatic heterocycles. The van der Waals surface area contributed by atoms with E-state index in [4.69, 9.17) is 9.84 Å². The van der Waals surface area contributed by atoms with Gasteiger partial charge >= 0.3 is 5.97 Å². The minimum atomic E-state index is -1.16. The van der Waals surface area contributed by atoms with Gasteiger partial charge in [0.25, 0.3) is 5.88 Å². The second-order valence-corrected chi connectivity index (χ2v) is 4.34. The number of hydrogen-bond donors (Lipinski definition) is 1. The molecule has 0 saturated heterocycles. The minimum Gasteiger partial charge on any atom is -0.476 e. The third-order valence-electron chi connectivity index (χ3n) is 2.63. The molecule has 0 saturated carbocycles. The summed E-state index contributed by atoms with van der Waals surface area (Å²) in [5.41, 5.74) is 0.986. The quantitative estimate of drug-likeness (QED) is 0.912. The van der Waals surface area contributed by atoms with Crippen molar-refractivity contribution in [3.8, 4) is 11.6 Å². The molecule has 2 rings (SSSR count). The van der Waals surface area contributed by atoms with Crippen LogP contribution in [-0.4, -0.2) is 21.0 Å². The summed E-state index contributed by atoms with van der Waals surface area (Å²) in [6.45, 7) is 4.20. The number of hydrogen-bond acceptors (Lipinski definition) is 4. The molecule has 0 aliphatic rings. The Morgan fingerprint density at radius 2 is 1.79 bits per heavy atom. The van der Waals surface area contributed by atoms with Crippen molar-refractivity contribution in [3.63, 3.8) is 0 Å². The highest BCUT2D eigenvalue weighted by Gasteiger charge is 2.14. The maximum absolute atomic E-state index is 11.0. The van der Waals surface area contributed by atoms with Crippen LogP contribution in [0.4, 0.5) is 0 Å². The molecule has 0 fully saturated rings. The van der Waals surface area contributed by atoms with E-state index in [1.165, 1.54) is 18.0 Å². The van der Waals surface area contributed by atoms with Crippen molar-refractivity contribution in [1.82, 2.24) is 9.97 Å². The van der Waals surface area contributed by atoms with Gasteiger partial charge in [-0.15, -0.1) is 0 Å². The molecule has 1 N–H and O–H groups in total. The Morgan fingerprint density at radius 3 is 2.37 bits per heavy atom. The molecular weight excluding hydrogens is 244 g/mol. The van der Waals surface area contributed by atoms with Crippen LogP contribution in [0.5, 0.6) is 11.6 Å². The van der Waals surface area contributed by atoms with E-state index >= 15 is 0 Å². The fourth-order valence-corrected chi connectivity index (χ4v) is 1.58. The fraction of sp³-hybridized carbons (Fsp3) is 0.214. The van der Waals surface area contributed by atoms with Gasteiger partial charge in [-0.05, 0) is 23.6 Å². The van der Waals surface area contributed by atoms with E-state index in [-0.39, 0.29) is 11.6 Å². The fourth-order valence-electron chi connectivity index (χ4n) is 1.58. The number of carboxylic acid groups (broad SMARTS) is 1. The van der Waals surface area contributed by atoms with Crippen molar-refractivity contribution < 1.29 is 14.6 Å². The summed E-state index contributed by atoms with van der Waals surface area (Å²) in [5.74, 6) is -0.207. The van der Waals surface area contributed by atoms with Crippen LogP contribution in [-0.2, 0) is 0 Å². The van der Waals surface area contributed by atoms with Crippen LogP contribution in [0.1, 0.15) is 35.8 Å². The number of ether oxygens (including phenoxy) is 1. The first kappa shape index (κ1) is 13.0. The van der Waals surface area contributed by atoms with Gasteiger partial charge in [0.15, 0.2) is 0 Å². The van der Waals surface area contributed by atoms with Crippen LogP contribution in [0.25, 0.3) is 0 Å². The Bertz CT molecular complexity index is 579. The minimum absolute atomic E-state index is 0.00713. The normalized spacial score (nSPS) is 10.5. The highest BCUT2D eigenvalue weighted by Crippen LogP contribution is 2.24. The van der Waals surface area contributed by atoms with Crippen molar-refractivity contribution >= 4 is 5.97 Å². The summed E-state index contributed by atoms with van der Waals surface area (Å²) in [7, 11) is 0. The lowest BCUT2D eigenvalue weighted by atomic mass is 10.0. The van der Waals surface area contributed by atoms with Gasteiger partial charge in [-0.25, -0.2) is 14.8 Å². The van der Waals surface area contributed by atoms with E-state index in [9.17, 15) is 4.79 Å². The number of benzene rings is 1. The van der Waals surface area contributed by atoms with Crippen molar-refractivity contribution in [2.45, 2.75) is 19.8 Å². The molecule has 1 aromatic carbocycles. The summed E-state index contributed by atoms with van der Waals surface area (Å²) in [5, 5.41) is 8.98. The van der Waals surface area contributed by atoms with Gasteiger partial charge in [0.1, 0.15) is 5.75 Å². The summed E-state index contributed by atoms with van der Waals surface area (Å²) >= 11 is 0. The van der Waals surface area contributed by atoms with Gasteiger partial charge in [0.2, 0.25) is 5.69 Å². The number of rotatable bonds is 4. The lowest BCUT2D eigenvalue weighted by molar-refractivity contribution is 0.0686. The van der Waals surface area contributed by atoms with Crippen LogP contribution in [0.3, 0.4) is 0 Å². The molecule has 0 aliphatic heterocycles. The molecule has 5 nitrogen and oxygen atoms in total. The first-order valence-corrected chi connectivity index (χ1v) is 5.90. The number of carboxylic acids is 1. The smallest absolute Gasteiger partial charge is 0.360 e. The molecule has 5 heteroatoms. The average molecular weight is 258 g/mol. The number of nitrogens with zero attached hydrogens (tertiary/aromatic N) is 2. The topological polar surface area (TPSA) is 72.3 Å². The first-order chi connectivity index (χ1) is 9.08. The van der Waals surface area contributed by atoms with E-state index in [2.05, 4.69) is 23.8 Å². The van der Waals surface area contributed by atoms with Crippen molar-refractivity contribution in [3.05, 3.63) is 47.9 Å². The Hall–Kier alpha value is -2.43. The molecule has 1 heterocycles. The Labute approximate surface area is 110 Å². The average Bonchev–Trinajstić information content (AvgIpc) is 2.39. The van der Waals surface area contributed by atoms with Gasteiger partial charge in [-0.3, -0.25) is 0 Å². The summed E-state index contributed by atoms with van der Waals surface area (Å²) in [4.78, 5) is 18.6. The molecule has 0 spiro atoms. The molecule has 98 valence electrons. The zero-order chi connectivity index (χ0) is 13.8. The van der Waals surface area contributed by atoms with Crippen molar-refractivity contribution in [2.24, 2.45) is 0 Å². The molecule has 0 radical (unpaired) electrons. The maximum Gasteiger partial charge on any atom is 0.360 e. The largest absolute Gasteiger partial charge is 0.476 e. The van der Waals surface area contributed by atoms with Crippen molar-refractivity contribution in [2.75, 3.05) is 0 Å². The summed E-state index contributed by atoms with van der Waals surface area (Å²) < 4.78 is 5.45. The first-order valence-electron chi connectivity index (χ1n) is 5.90. The van der Waals surface area contributed by atoms with Crippen LogP contribution >= 0.6 is 0 Å². The molecule has 19 heavy (non-hydrogen) atoms. The number of aromatic carboxylic acids is 1. The molecule has 0 amide bonds. The van der Waals surface area contributed by atoms with E-state index in [1.54, 1.807) is 12.1 Å². The lowest BCUT2D eigenvalue weighted by Gasteiger charge is -2.08. The molecule has 2 aromatic rings. The van der Waals surface area contributed by atoms with Crippen LogP contribution in [0.15, 0.2) is 36.7 Å². The lowest BCUT2D eigenvalue weighted by Crippen LogP contribution is -2.04. The molecule has 0 bridgehead atoms. The molecule has 0 aliphatic carbocycles. The third-order valence-corrected chi connectivity index (χ3v) is 2.63. The predicted molar refractivity (Wildman–Crippen MR) is 69.6 cm³/mol. The second kappa shape index (κ2) is 5.48. The molecule has 0 unspecified atom stereocenters. The maximum atomic E-state index is 11.0. The summed E-state index contributed by atoms with van der Waals surface area (Å²) in [6, 6.07) is 7.46. The second-order valence-electron chi connectivity index (χ2n) is 4.34. The van der Waals surface area contributed by atoms with E-state index in [0.717, 1.165) is 0 Å². The van der Waals surface area contributed by atoms with E-state index in [0.29, 0.717) is 11.7 Å². The van der Waals surface area contributed by atoms with E-state index < -0.39 is 5.97 Å². The van der Waals surface area contributed by atoms with E-state index in [1.807, 2.05) is 12.1 Å². The van der Waals surface area contributed by atoms with Crippen LogP contribution in [0.2, 0.25) is 0 Å².